The van der Waals surface area contributed by atoms with E-state index < -0.39 is 5.91 Å². The number of nitrogens with zero attached hydrogens (tertiary/aromatic N) is 2. The molecule has 0 unspecified atom stereocenters. The van der Waals surface area contributed by atoms with Crippen molar-refractivity contribution in [1.82, 2.24) is 9.47 Å². The molecule has 32 heavy (non-hydrogen) atoms. The van der Waals surface area contributed by atoms with Crippen LogP contribution in [-0.4, -0.2) is 41.0 Å². The Labute approximate surface area is 184 Å². The molecule has 1 N–H and O–H groups in total. The molecule has 0 radical (unpaired) electrons. The molecular formula is C24H23N3O5. The average molecular weight is 433 g/mol. The van der Waals surface area contributed by atoms with Crippen LogP contribution in [0.15, 0.2) is 70.1 Å². The van der Waals surface area contributed by atoms with Crippen molar-refractivity contribution >= 4 is 17.5 Å². The number of ether oxygens (including phenoxy) is 1. The van der Waals surface area contributed by atoms with Crippen molar-refractivity contribution in [2.24, 2.45) is 5.92 Å². The summed E-state index contributed by atoms with van der Waals surface area (Å²) in [6, 6.07) is 15.9. The normalized spacial score (nSPS) is 19.2. The predicted molar refractivity (Wildman–Crippen MR) is 117 cm³/mol. The van der Waals surface area contributed by atoms with Gasteiger partial charge in [-0.15, -0.1) is 0 Å². The van der Waals surface area contributed by atoms with E-state index in [0.29, 0.717) is 25.4 Å². The van der Waals surface area contributed by atoms with Gasteiger partial charge in [0.05, 0.1) is 6.26 Å². The summed E-state index contributed by atoms with van der Waals surface area (Å²) >= 11 is 0. The summed E-state index contributed by atoms with van der Waals surface area (Å²) < 4.78 is 12.5. The molecule has 2 atom stereocenters. The Hall–Kier alpha value is -3.81. The molecule has 4 heterocycles. The first kappa shape index (κ1) is 20.1. The number of benzene rings is 1. The summed E-state index contributed by atoms with van der Waals surface area (Å²) in [6.07, 6.45) is 2.34. The zero-order valence-electron chi connectivity index (χ0n) is 17.4. The lowest BCUT2D eigenvalue weighted by molar-refractivity contribution is -0.136. The smallest absolute Gasteiger partial charge is 0.291 e. The average Bonchev–Trinajstić information content (AvgIpc) is 3.35. The van der Waals surface area contributed by atoms with Crippen LogP contribution >= 0.6 is 0 Å². The SMILES string of the molecule is O=C(Nc1ccc2n(c1=O)C[C@@H]1C[C@@H]2CN(C(=O)COc2ccccc2)C1)c1ccco1. The number of hydrogen-bond donors (Lipinski definition) is 1. The highest BCUT2D eigenvalue weighted by Crippen LogP contribution is 2.35. The number of nitrogens with one attached hydrogen (secondary N) is 1. The number of aromatic nitrogens is 1. The molecule has 1 saturated heterocycles. The van der Waals surface area contributed by atoms with Gasteiger partial charge in [-0.2, -0.15) is 0 Å². The van der Waals surface area contributed by atoms with Gasteiger partial charge in [-0.3, -0.25) is 14.4 Å². The Morgan fingerprint density at radius 3 is 2.66 bits per heavy atom. The fourth-order valence-electron chi connectivity index (χ4n) is 4.59. The monoisotopic (exact) mass is 433 g/mol. The number of amides is 2. The number of piperidine rings is 1. The molecule has 2 aliphatic heterocycles. The van der Waals surface area contributed by atoms with Crippen LogP contribution in [0.25, 0.3) is 0 Å². The fourth-order valence-corrected chi connectivity index (χ4v) is 4.59. The lowest BCUT2D eigenvalue weighted by atomic mass is 9.83. The van der Waals surface area contributed by atoms with Crippen molar-refractivity contribution < 1.29 is 18.7 Å². The van der Waals surface area contributed by atoms with Crippen LogP contribution in [0.4, 0.5) is 5.69 Å². The number of pyridine rings is 1. The van der Waals surface area contributed by atoms with Crippen molar-refractivity contribution in [3.8, 4) is 5.75 Å². The van der Waals surface area contributed by atoms with Gasteiger partial charge >= 0.3 is 0 Å². The first-order valence-corrected chi connectivity index (χ1v) is 10.6. The Kier molecular flexibility index (Phi) is 5.26. The molecule has 2 aliphatic rings. The molecule has 2 amide bonds. The van der Waals surface area contributed by atoms with E-state index in [4.69, 9.17) is 9.15 Å². The van der Waals surface area contributed by atoms with Gasteiger partial charge in [-0.05, 0) is 48.7 Å². The standard InChI is InChI=1S/C24H23N3O5/c28-22(15-32-18-5-2-1-3-6-18)26-12-16-11-17(14-26)20-9-8-19(24(30)27(20)13-16)25-23(29)21-7-4-10-31-21/h1-10,16-17H,11-15H2,(H,25,29)/t16-,17-/m1/s1. The molecule has 0 aliphatic carbocycles. The van der Waals surface area contributed by atoms with Gasteiger partial charge < -0.3 is 23.9 Å². The predicted octanol–water partition coefficient (Wildman–Crippen LogP) is 2.72. The summed E-state index contributed by atoms with van der Waals surface area (Å²) in [6.45, 7) is 1.64. The van der Waals surface area contributed by atoms with Gasteiger partial charge in [0.15, 0.2) is 12.4 Å². The van der Waals surface area contributed by atoms with Gasteiger partial charge in [-0.1, -0.05) is 18.2 Å². The van der Waals surface area contributed by atoms with Gasteiger partial charge in [0.25, 0.3) is 17.4 Å². The molecule has 8 heteroatoms. The summed E-state index contributed by atoms with van der Waals surface area (Å²) in [5.41, 5.74) is 0.882. The minimum Gasteiger partial charge on any atom is -0.484 e. The maximum absolute atomic E-state index is 13.0. The van der Waals surface area contributed by atoms with Crippen molar-refractivity contribution in [2.45, 2.75) is 18.9 Å². The summed E-state index contributed by atoms with van der Waals surface area (Å²) in [4.78, 5) is 39.9. The largest absolute Gasteiger partial charge is 0.484 e. The highest BCUT2D eigenvalue weighted by molar-refractivity contribution is 6.02. The summed E-state index contributed by atoms with van der Waals surface area (Å²) in [7, 11) is 0. The van der Waals surface area contributed by atoms with E-state index in [2.05, 4.69) is 5.32 Å². The van der Waals surface area contributed by atoms with Gasteiger partial charge in [0.2, 0.25) is 0 Å². The van der Waals surface area contributed by atoms with Gasteiger partial charge in [0.1, 0.15) is 11.4 Å². The van der Waals surface area contributed by atoms with E-state index in [0.717, 1.165) is 12.1 Å². The Bertz CT molecular complexity index is 1190. The van der Waals surface area contributed by atoms with E-state index >= 15 is 0 Å². The van der Waals surface area contributed by atoms with E-state index in [9.17, 15) is 14.4 Å². The Balaban J connectivity index is 1.29. The molecule has 2 bridgehead atoms. The molecular weight excluding hydrogens is 410 g/mol. The molecule has 0 saturated carbocycles. The minimum atomic E-state index is -0.459. The molecule has 1 aromatic carbocycles. The number of anilines is 1. The second kappa shape index (κ2) is 8.37. The molecule has 0 spiro atoms. The highest BCUT2D eigenvalue weighted by atomic mass is 16.5. The van der Waals surface area contributed by atoms with E-state index in [-0.39, 0.29) is 41.4 Å². The molecule has 1 fully saturated rings. The third kappa shape index (κ3) is 3.91. The van der Waals surface area contributed by atoms with Crippen molar-refractivity contribution in [3.63, 3.8) is 0 Å². The van der Waals surface area contributed by atoms with E-state index in [1.165, 1.54) is 6.26 Å². The lowest BCUT2D eigenvalue weighted by Crippen LogP contribution is -2.50. The van der Waals surface area contributed by atoms with Crippen molar-refractivity contribution in [1.29, 1.82) is 0 Å². The topological polar surface area (TPSA) is 93.8 Å². The third-order valence-corrected chi connectivity index (χ3v) is 6.06. The van der Waals surface area contributed by atoms with Crippen LogP contribution < -0.4 is 15.6 Å². The van der Waals surface area contributed by atoms with Crippen LogP contribution in [0, 0.1) is 5.92 Å². The molecule has 8 nitrogen and oxygen atoms in total. The van der Waals surface area contributed by atoms with Crippen LogP contribution in [0.3, 0.4) is 0 Å². The molecule has 3 aromatic rings. The molecule has 2 aromatic heterocycles. The lowest BCUT2D eigenvalue weighted by Gasteiger charge is -2.42. The Morgan fingerprint density at radius 1 is 1.03 bits per heavy atom. The number of rotatable bonds is 5. The minimum absolute atomic E-state index is 0.00594. The first-order valence-electron chi connectivity index (χ1n) is 10.6. The number of carbonyl (C=O) groups excluding carboxylic acids is 2. The fraction of sp³-hybridized carbons (Fsp3) is 0.292. The number of likely N-dealkylation sites (tertiary alicyclic amines) is 1. The van der Waals surface area contributed by atoms with Gasteiger partial charge in [-0.25, -0.2) is 0 Å². The first-order chi connectivity index (χ1) is 15.6. The third-order valence-electron chi connectivity index (χ3n) is 6.06. The van der Waals surface area contributed by atoms with Crippen molar-refractivity contribution in [3.05, 3.63) is 82.7 Å². The number of furan rings is 1. The summed E-state index contributed by atoms with van der Waals surface area (Å²) in [5.74, 6) is 0.553. The highest BCUT2D eigenvalue weighted by Gasteiger charge is 2.36. The number of hydrogen-bond acceptors (Lipinski definition) is 5. The zero-order valence-corrected chi connectivity index (χ0v) is 17.4. The Morgan fingerprint density at radius 2 is 1.88 bits per heavy atom. The van der Waals surface area contributed by atoms with Gasteiger partial charge in [0, 0.05) is 31.2 Å². The van der Waals surface area contributed by atoms with Crippen LogP contribution in [0.2, 0.25) is 0 Å². The summed E-state index contributed by atoms with van der Waals surface area (Å²) in [5, 5.41) is 2.64. The maximum atomic E-state index is 13.0. The second-order valence-electron chi connectivity index (χ2n) is 8.22. The molecule has 5 rings (SSSR count). The van der Waals surface area contributed by atoms with Crippen LogP contribution in [-0.2, 0) is 11.3 Å². The van der Waals surface area contributed by atoms with Crippen LogP contribution in [0.1, 0.15) is 28.6 Å². The van der Waals surface area contributed by atoms with Crippen molar-refractivity contribution in [2.75, 3.05) is 25.0 Å². The number of fused-ring (bicyclic) bond motifs is 4. The number of carbonyl (C=O) groups is 2. The van der Waals surface area contributed by atoms with E-state index in [1.54, 1.807) is 22.8 Å². The van der Waals surface area contributed by atoms with E-state index in [1.807, 2.05) is 41.3 Å². The maximum Gasteiger partial charge on any atom is 0.291 e. The molecule has 164 valence electrons. The second-order valence-corrected chi connectivity index (χ2v) is 8.22. The zero-order chi connectivity index (χ0) is 22.1. The van der Waals surface area contributed by atoms with Crippen LogP contribution in [0.5, 0.6) is 5.75 Å². The number of para-hydroxylation sites is 1. The quantitative estimate of drug-likeness (QED) is 0.668.